The lowest BCUT2D eigenvalue weighted by atomic mass is 10.1. The fourth-order valence-corrected chi connectivity index (χ4v) is 1.61. The molecule has 1 rings (SSSR count). The highest BCUT2D eigenvalue weighted by Gasteiger charge is 2.05. The van der Waals surface area contributed by atoms with Crippen LogP contribution in [0.4, 0.5) is 0 Å². The van der Waals surface area contributed by atoms with E-state index in [1.807, 2.05) is 24.3 Å². The van der Waals surface area contributed by atoms with E-state index in [2.05, 4.69) is 12.2 Å². The Hall–Kier alpha value is -1.35. The van der Waals surface area contributed by atoms with Gasteiger partial charge in [0.25, 0.3) is 5.91 Å². The Bertz CT molecular complexity index is 344. The summed E-state index contributed by atoms with van der Waals surface area (Å²) in [6, 6.07) is 7.69. The van der Waals surface area contributed by atoms with Crippen molar-refractivity contribution in [2.75, 3.05) is 6.54 Å². The quantitative estimate of drug-likeness (QED) is 0.793. The van der Waals surface area contributed by atoms with Crippen molar-refractivity contribution >= 4 is 5.91 Å². The van der Waals surface area contributed by atoms with Gasteiger partial charge in [-0.2, -0.15) is 0 Å². The van der Waals surface area contributed by atoms with E-state index in [9.17, 15) is 4.79 Å². The number of carbonyl (C=O) groups excluding carboxylic acids is 1. The molecular formula is C14H21NO2. The minimum absolute atomic E-state index is 0.0753. The maximum absolute atomic E-state index is 11.7. The minimum atomic E-state index is -0.373. The second-order valence-electron chi connectivity index (χ2n) is 4.34. The third-order valence-electron chi connectivity index (χ3n) is 2.60. The van der Waals surface area contributed by atoms with Crippen LogP contribution in [0.1, 0.15) is 42.6 Å². The number of aryl methyl sites for hydroxylation is 1. The molecule has 0 saturated carbocycles. The van der Waals surface area contributed by atoms with Crippen LogP contribution in [0.3, 0.4) is 0 Å². The average Bonchev–Trinajstić information content (AvgIpc) is 2.30. The van der Waals surface area contributed by atoms with Crippen LogP contribution in [-0.4, -0.2) is 23.7 Å². The summed E-state index contributed by atoms with van der Waals surface area (Å²) in [5, 5.41) is 11.9. The van der Waals surface area contributed by atoms with Gasteiger partial charge in [0.2, 0.25) is 0 Å². The van der Waals surface area contributed by atoms with Crippen LogP contribution in [0.25, 0.3) is 0 Å². The van der Waals surface area contributed by atoms with Gasteiger partial charge in [0.15, 0.2) is 0 Å². The van der Waals surface area contributed by atoms with Crippen molar-refractivity contribution in [3.63, 3.8) is 0 Å². The standard InChI is InChI=1S/C14H21NO2/c1-3-4-12-5-7-13(8-6-12)14(17)15-10-9-11(2)16/h5-8,11,16H,3-4,9-10H2,1-2H3,(H,15,17). The molecule has 0 aliphatic heterocycles. The van der Waals surface area contributed by atoms with E-state index in [1.54, 1.807) is 6.92 Å². The number of hydrogen-bond acceptors (Lipinski definition) is 2. The molecule has 94 valence electrons. The molecule has 1 unspecified atom stereocenters. The molecule has 3 heteroatoms. The summed E-state index contributed by atoms with van der Waals surface area (Å²) in [6.07, 6.45) is 2.37. The van der Waals surface area contributed by atoms with Crippen LogP contribution in [-0.2, 0) is 6.42 Å². The monoisotopic (exact) mass is 235 g/mol. The molecule has 0 fully saturated rings. The van der Waals surface area contributed by atoms with Crippen molar-refractivity contribution in [1.82, 2.24) is 5.32 Å². The summed E-state index contributed by atoms with van der Waals surface area (Å²) < 4.78 is 0. The van der Waals surface area contributed by atoms with Crippen molar-refractivity contribution in [1.29, 1.82) is 0 Å². The van der Waals surface area contributed by atoms with Crippen molar-refractivity contribution in [2.45, 2.75) is 39.2 Å². The maximum Gasteiger partial charge on any atom is 0.251 e. The molecule has 0 saturated heterocycles. The number of nitrogens with one attached hydrogen (secondary N) is 1. The van der Waals surface area contributed by atoms with Gasteiger partial charge in [-0.05, 0) is 37.5 Å². The molecule has 3 nitrogen and oxygen atoms in total. The number of rotatable bonds is 6. The molecule has 1 atom stereocenters. The van der Waals surface area contributed by atoms with E-state index in [4.69, 9.17) is 5.11 Å². The normalized spacial score (nSPS) is 12.2. The third kappa shape index (κ3) is 5.00. The molecule has 0 bridgehead atoms. The highest BCUT2D eigenvalue weighted by atomic mass is 16.3. The lowest BCUT2D eigenvalue weighted by Gasteiger charge is -2.07. The van der Waals surface area contributed by atoms with Crippen LogP contribution in [0.15, 0.2) is 24.3 Å². The first kappa shape index (κ1) is 13.7. The van der Waals surface area contributed by atoms with Gasteiger partial charge in [0.05, 0.1) is 6.10 Å². The highest BCUT2D eigenvalue weighted by Crippen LogP contribution is 2.06. The summed E-state index contributed by atoms with van der Waals surface area (Å²) >= 11 is 0. The molecule has 0 aliphatic rings. The van der Waals surface area contributed by atoms with Crippen molar-refractivity contribution in [3.05, 3.63) is 35.4 Å². The fraction of sp³-hybridized carbons (Fsp3) is 0.500. The number of aliphatic hydroxyl groups is 1. The van der Waals surface area contributed by atoms with Gasteiger partial charge in [-0.1, -0.05) is 25.5 Å². The molecule has 0 radical (unpaired) electrons. The first-order chi connectivity index (χ1) is 8.13. The van der Waals surface area contributed by atoms with Crippen LogP contribution < -0.4 is 5.32 Å². The van der Waals surface area contributed by atoms with Crippen molar-refractivity contribution in [2.24, 2.45) is 0 Å². The third-order valence-corrected chi connectivity index (χ3v) is 2.60. The van der Waals surface area contributed by atoms with Crippen LogP contribution >= 0.6 is 0 Å². The predicted molar refractivity (Wildman–Crippen MR) is 69.1 cm³/mol. The smallest absolute Gasteiger partial charge is 0.251 e. The van der Waals surface area contributed by atoms with Crippen LogP contribution in [0.2, 0.25) is 0 Å². The molecule has 1 aromatic carbocycles. The van der Waals surface area contributed by atoms with E-state index in [-0.39, 0.29) is 12.0 Å². The molecule has 0 aromatic heterocycles. The Balaban J connectivity index is 2.46. The predicted octanol–water partition coefficient (Wildman–Crippen LogP) is 2.14. The number of benzene rings is 1. The first-order valence-corrected chi connectivity index (χ1v) is 6.18. The maximum atomic E-state index is 11.7. The SMILES string of the molecule is CCCc1ccc(C(=O)NCCC(C)O)cc1. The van der Waals surface area contributed by atoms with Gasteiger partial charge in [-0.3, -0.25) is 4.79 Å². The zero-order valence-corrected chi connectivity index (χ0v) is 10.6. The number of amides is 1. The molecule has 0 heterocycles. The Morgan fingerprint density at radius 2 is 2.00 bits per heavy atom. The Labute approximate surface area is 103 Å². The molecule has 17 heavy (non-hydrogen) atoms. The van der Waals surface area contributed by atoms with E-state index < -0.39 is 0 Å². The van der Waals surface area contributed by atoms with Gasteiger partial charge in [-0.25, -0.2) is 0 Å². The summed E-state index contributed by atoms with van der Waals surface area (Å²) in [4.78, 5) is 11.7. The zero-order chi connectivity index (χ0) is 12.7. The lowest BCUT2D eigenvalue weighted by molar-refractivity contribution is 0.0945. The minimum Gasteiger partial charge on any atom is -0.393 e. The molecular weight excluding hydrogens is 214 g/mol. The summed E-state index contributed by atoms with van der Waals surface area (Å²) in [6.45, 7) is 4.36. The van der Waals surface area contributed by atoms with E-state index in [0.29, 0.717) is 18.5 Å². The Morgan fingerprint density at radius 3 is 2.53 bits per heavy atom. The average molecular weight is 235 g/mol. The van der Waals surface area contributed by atoms with Gasteiger partial charge in [-0.15, -0.1) is 0 Å². The molecule has 1 aromatic rings. The lowest BCUT2D eigenvalue weighted by Crippen LogP contribution is -2.26. The zero-order valence-electron chi connectivity index (χ0n) is 10.6. The van der Waals surface area contributed by atoms with Crippen molar-refractivity contribution in [3.8, 4) is 0 Å². The second kappa shape index (κ2) is 7.07. The van der Waals surface area contributed by atoms with Crippen molar-refractivity contribution < 1.29 is 9.90 Å². The topological polar surface area (TPSA) is 49.3 Å². The number of carbonyl (C=O) groups is 1. The summed E-state index contributed by atoms with van der Waals surface area (Å²) in [5.41, 5.74) is 1.93. The molecule has 0 aliphatic carbocycles. The van der Waals surface area contributed by atoms with Crippen LogP contribution in [0, 0.1) is 0 Å². The first-order valence-electron chi connectivity index (χ1n) is 6.18. The number of hydrogen-bond donors (Lipinski definition) is 2. The Kier molecular flexibility index (Phi) is 5.70. The summed E-state index contributed by atoms with van der Waals surface area (Å²) in [7, 11) is 0. The van der Waals surface area contributed by atoms with Gasteiger partial charge < -0.3 is 10.4 Å². The number of aliphatic hydroxyl groups excluding tert-OH is 1. The molecule has 1 amide bonds. The molecule has 2 N–H and O–H groups in total. The van der Waals surface area contributed by atoms with Crippen LogP contribution in [0.5, 0.6) is 0 Å². The van der Waals surface area contributed by atoms with E-state index in [1.165, 1.54) is 5.56 Å². The van der Waals surface area contributed by atoms with Gasteiger partial charge in [0, 0.05) is 12.1 Å². The highest BCUT2D eigenvalue weighted by molar-refractivity contribution is 5.94. The van der Waals surface area contributed by atoms with Gasteiger partial charge >= 0.3 is 0 Å². The summed E-state index contributed by atoms with van der Waals surface area (Å²) in [5.74, 6) is -0.0753. The van der Waals surface area contributed by atoms with E-state index >= 15 is 0 Å². The fourth-order valence-electron chi connectivity index (χ4n) is 1.61. The second-order valence-corrected chi connectivity index (χ2v) is 4.34. The van der Waals surface area contributed by atoms with E-state index in [0.717, 1.165) is 12.8 Å². The largest absolute Gasteiger partial charge is 0.393 e. The van der Waals surface area contributed by atoms with Gasteiger partial charge in [0.1, 0.15) is 0 Å². The molecule has 0 spiro atoms. The Morgan fingerprint density at radius 1 is 1.35 bits per heavy atom.